The van der Waals surface area contributed by atoms with Crippen LogP contribution in [-0.4, -0.2) is 34.2 Å². The minimum Gasteiger partial charge on any atom is -0.362 e. The first-order valence-corrected chi connectivity index (χ1v) is 10.7. The number of hydrogen-bond acceptors (Lipinski definition) is 3. The zero-order chi connectivity index (χ0) is 20.2. The predicted molar refractivity (Wildman–Crippen MR) is 115 cm³/mol. The van der Waals surface area contributed by atoms with E-state index in [4.69, 9.17) is 0 Å². The number of carbonyl (C=O) groups is 2. The van der Waals surface area contributed by atoms with E-state index in [1.54, 1.807) is 4.90 Å². The molecule has 1 aliphatic heterocycles. The summed E-state index contributed by atoms with van der Waals surface area (Å²) in [6, 6.07) is 19.8. The van der Waals surface area contributed by atoms with E-state index < -0.39 is 0 Å². The van der Waals surface area contributed by atoms with Gasteiger partial charge in [0.1, 0.15) is 5.70 Å². The average Bonchev–Trinajstić information content (AvgIpc) is 3.04. The molecule has 0 spiro atoms. The molecule has 2 amide bonds. The van der Waals surface area contributed by atoms with Gasteiger partial charge in [-0.1, -0.05) is 79.9 Å². The molecule has 2 aliphatic rings. The molecular formula is C25H28N2O2. The van der Waals surface area contributed by atoms with Crippen LogP contribution in [0.25, 0.3) is 5.57 Å². The highest BCUT2D eigenvalue weighted by Crippen LogP contribution is 2.36. The Bertz CT molecular complexity index is 899. The van der Waals surface area contributed by atoms with Gasteiger partial charge >= 0.3 is 0 Å². The van der Waals surface area contributed by atoms with Crippen LogP contribution in [0.1, 0.15) is 50.2 Å². The maximum atomic E-state index is 13.6. The quantitative estimate of drug-likeness (QED) is 0.678. The van der Waals surface area contributed by atoms with Crippen LogP contribution in [0.5, 0.6) is 0 Å². The van der Waals surface area contributed by atoms with Gasteiger partial charge < -0.3 is 4.90 Å². The second-order valence-electron chi connectivity index (χ2n) is 7.86. The second kappa shape index (κ2) is 8.64. The number of hydrogen-bond donors (Lipinski definition) is 0. The van der Waals surface area contributed by atoms with Crippen molar-refractivity contribution < 1.29 is 9.59 Å². The Morgan fingerprint density at radius 1 is 0.862 bits per heavy atom. The van der Waals surface area contributed by atoms with Gasteiger partial charge in [0, 0.05) is 19.1 Å². The molecule has 0 aromatic heterocycles. The molecule has 4 heteroatoms. The van der Waals surface area contributed by atoms with E-state index in [-0.39, 0.29) is 17.9 Å². The van der Waals surface area contributed by atoms with Crippen LogP contribution in [0.3, 0.4) is 0 Å². The van der Waals surface area contributed by atoms with Gasteiger partial charge in [-0.25, -0.2) is 0 Å². The monoisotopic (exact) mass is 388 g/mol. The smallest absolute Gasteiger partial charge is 0.278 e. The third kappa shape index (κ3) is 3.84. The molecule has 4 nitrogen and oxygen atoms in total. The lowest BCUT2D eigenvalue weighted by atomic mass is 9.94. The molecule has 4 rings (SSSR count). The molecular weight excluding hydrogens is 360 g/mol. The number of carbonyl (C=O) groups excluding carboxylic acids is 2. The Balaban J connectivity index is 1.75. The van der Waals surface area contributed by atoms with Crippen molar-refractivity contribution in [3.63, 3.8) is 0 Å². The molecule has 1 saturated carbocycles. The fourth-order valence-electron chi connectivity index (χ4n) is 4.52. The van der Waals surface area contributed by atoms with Gasteiger partial charge in [-0.15, -0.1) is 0 Å². The van der Waals surface area contributed by atoms with Crippen LogP contribution in [0.4, 0.5) is 0 Å². The van der Waals surface area contributed by atoms with Gasteiger partial charge in [0.2, 0.25) is 0 Å². The molecule has 0 unspecified atom stereocenters. The number of likely N-dealkylation sites (N-methyl/N-ethyl adjacent to an activating group) is 1. The summed E-state index contributed by atoms with van der Waals surface area (Å²) in [6.45, 7) is 3.32. The van der Waals surface area contributed by atoms with Crippen molar-refractivity contribution in [2.75, 3.05) is 6.54 Å². The third-order valence-electron chi connectivity index (χ3n) is 6.01. The lowest BCUT2D eigenvalue weighted by Gasteiger charge is -2.31. The highest BCUT2D eigenvalue weighted by molar-refractivity contribution is 6.35. The molecule has 1 heterocycles. The van der Waals surface area contributed by atoms with Crippen molar-refractivity contribution in [2.45, 2.75) is 51.6 Å². The van der Waals surface area contributed by atoms with Gasteiger partial charge in [-0.3, -0.25) is 14.5 Å². The Labute approximate surface area is 172 Å². The lowest BCUT2D eigenvalue weighted by Crippen LogP contribution is -2.43. The van der Waals surface area contributed by atoms with Crippen LogP contribution in [0.2, 0.25) is 0 Å². The van der Waals surface area contributed by atoms with Gasteiger partial charge in [0.25, 0.3) is 11.8 Å². The van der Waals surface area contributed by atoms with E-state index in [0.717, 1.165) is 36.8 Å². The van der Waals surface area contributed by atoms with Crippen molar-refractivity contribution in [1.82, 2.24) is 9.80 Å². The number of benzene rings is 2. The first-order chi connectivity index (χ1) is 14.2. The van der Waals surface area contributed by atoms with Crippen molar-refractivity contribution >= 4 is 17.4 Å². The highest BCUT2D eigenvalue weighted by atomic mass is 16.2. The van der Waals surface area contributed by atoms with E-state index >= 15 is 0 Å². The summed E-state index contributed by atoms with van der Waals surface area (Å²) < 4.78 is 0. The summed E-state index contributed by atoms with van der Waals surface area (Å²) in [5.41, 5.74) is 3.06. The summed E-state index contributed by atoms with van der Waals surface area (Å²) in [5, 5.41) is 0. The van der Waals surface area contributed by atoms with E-state index in [1.807, 2.05) is 55.5 Å². The van der Waals surface area contributed by atoms with Gasteiger partial charge in [0.15, 0.2) is 0 Å². The average molecular weight is 389 g/mol. The summed E-state index contributed by atoms with van der Waals surface area (Å²) in [6.07, 6.45) is 5.18. The molecule has 2 aromatic rings. The van der Waals surface area contributed by atoms with Crippen LogP contribution in [0, 0.1) is 0 Å². The first kappa shape index (κ1) is 19.4. The van der Waals surface area contributed by atoms with E-state index in [0.29, 0.717) is 24.4 Å². The van der Waals surface area contributed by atoms with Crippen molar-refractivity contribution in [3.8, 4) is 0 Å². The summed E-state index contributed by atoms with van der Waals surface area (Å²) in [5.74, 6) is -0.256. The number of nitrogens with zero attached hydrogens (tertiary/aromatic N) is 2. The van der Waals surface area contributed by atoms with Crippen molar-refractivity contribution in [2.24, 2.45) is 0 Å². The van der Waals surface area contributed by atoms with E-state index in [2.05, 4.69) is 17.0 Å². The number of amides is 2. The van der Waals surface area contributed by atoms with Crippen molar-refractivity contribution in [1.29, 1.82) is 0 Å². The molecule has 0 atom stereocenters. The van der Waals surface area contributed by atoms with Gasteiger partial charge in [0.05, 0.1) is 5.57 Å². The molecule has 0 saturated heterocycles. The molecule has 0 N–H and O–H groups in total. The fourth-order valence-corrected chi connectivity index (χ4v) is 4.52. The Morgan fingerprint density at radius 3 is 2.10 bits per heavy atom. The lowest BCUT2D eigenvalue weighted by molar-refractivity contribution is -0.141. The minimum atomic E-state index is -0.130. The maximum Gasteiger partial charge on any atom is 0.278 e. The van der Waals surface area contributed by atoms with E-state index in [1.165, 1.54) is 6.42 Å². The SMILES string of the molecule is CCN(Cc1ccccc1)C1=C(c2ccccc2)C(=O)N(C2CCCCC2)C1=O. The maximum absolute atomic E-state index is 13.6. The number of rotatable bonds is 6. The van der Waals surface area contributed by atoms with Gasteiger partial charge in [-0.2, -0.15) is 0 Å². The topological polar surface area (TPSA) is 40.6 Å². The molecule has 29 heavy (non-hydrogen) atoms. The minimum absolute atomic E-state index is 0.0235. The molecule has 1 fully saturated rings. The summed E-state index contributed by atoms with van der Waals surface area (Å²) in [4.78, 5) is 30.7. The number of imide groups is 1. The summed E-state index contributed by atoms with van der Waals surface area (Å²) >= 11 is 0. The Kier molecular flexibility index (Phi) is 5.79. The molecule has 0 radical (unpaired) electrons. The normalized spacial score (nSPS) is 17.9. The Hall–Kier alpha value is -2.88. The molecule has 0 bridgehead atoms. The first-order valence-electron chi connectivity index (χ1n) is 10.7. The van der Waals surface area contributed by atoms with Crippen LogP contribution < -0.4 is 0 Å². The molecule has 150 valence electrons. The van der Waals surface area contributed by atoms with Crippen LogP contribution in [-0.2, 0) is 16.1 Å². The van der Waals surface area contributed by atoms with Gasteiger partial charge in [-0.05, 0) is 30.9 Å². The Morgan fingerprint density at radius 2 is 1.48 bits per heavy atom. The zero-order valence-electron chi connectivity index (χ0n) is 17.0. The zero-order valence-corrected chi connectivity index (χ0v) is 17.0. The largest absolute Gasteiger partial charge is 0.362 e. The second-order valence-corrected chi connectivity index (χ2v) is 7.86. The van der Waals surface area contributed by atoms with E-state index in [9.17, 15) is 9.59 Å². The van der Waals surface area contributed by atoms with Crippen LogP contribution in [0.15, 0.2) is 66.4 Å². The fraction of sp³-hybridized carbons (Fsp3) is 0.360. The standard InChI is InChI=1S/C25H28N2O2/c1-2-26(18-19-12-6-3-7-13-19)23-22(20-14-8-4-9-15-20)24(28)27(25(23)29)21-16-10-5-11-17-21/h3-4,6-9,12-15,21H,2,5,10-11,16-18H2,1H3. The molecule has 1 aliphatic carbocycles. The van der Waals surface area contributed by atoms with Crippen LogP contribution >= 0.6 is 0 Å². The highest BCUT2D eigenvalue weighted by Gasteiger charge is 2.44. The summed E-state index contributed by atoms with van der Waals surface area (Å²) in [7, 11) is 0. The predicted octanol–water partition coefficient (Wildman–Crippen LogP) is 4.62. The van der Waals surface area contributed by atoms with Crippen molar-refractivity contribution in [3.05, 3.63) is 77.5 Å². The molecule has 2 aromatic carbocycles. The third-order valence-corrected chi connectivity index (χ3v) is 6.01.